The molecule has 1 aromatic rings. The molecule has 0 unspecified atom stereocenters. The van der Waals surface area contributed by atoms with Crippen molar-refractivity contribution in [2.24, 2.45) is 4.99 Å². The van der Waals surface area contributed by atoms with Crippen molar-refractivity contribution in [3.05, 3.63) is 35.1 Å². The monoisotopic (exact) mass is 181 g/mol. The molecule has 0 amide bonds. The fourth-order valence-electron chi connectivity index (χ4n) is 0.965. The number of nitrogens with zero attached hydrogens (tertiary/aromatic N) is 1. The van der Waals surface area contributed by atoms with Gasteiger partial charge in [0.15, 0.2) is 0 Å². The summed E-state index contributed by atoms with van der Waals surface area (Å²) in [4.78, 5) is 13.0. The molecule has 0 saturated heterocycles. The number of aliphatic imine (C=N–C) groups is 1. The Labute approximate surface area is 74.5 Å². The highest BCUT2D eigenvalue weighted by molar-refractivity contribution is 5.34. The van der Waals surface area contributed by atoms with Crippen LogP contribution in [-0.2, 0) is 17.9 Å². The van der Waals surface area contributed by atoms with Crippen molar-refractivity contribution in [2.75, 3.05) is 0 Å². The molecule has 0 heterocycles. The summed E-state index contributed by atoms with van der Waals surface area (Å²) in [6, 6.07) is 4.18. The lowest BCUT2D eigenvalue weighted by Crippen LogP contribution is -1.91. The number of benzene rings is 1. The molecule has 1 aromatic carbocycles. The average molecular weight is 181 g/mol. The summed E-state index contributed by atoms with van der Waals surface area (Å²) < 4.78 is 13.0. The minimum absolute atomic E-state index is 0.0385. The first-order chi connectivity index (χ1) is 6.27. The maximum atomic E-state index is 13.0. The highest BCUT2D eigenvalue weighted by atomic mass is 19.1. The third kappa shape index (κ3) is 2.47. The molecule has 1 N–H and O–H groups in total. The van der Waals surface area contributed by atoms with Gasteiger partial charge in [-0.2, -0.15) is 0 Å². The Hall–Kier alpha value is -1.51. The fourth-order valence-corrected chi connectivity index (χ4v) is 0.965. The zero-order chi connectivity index (χ0) is 9.68. The second-order valence-electron chi connectivity index (χ2n) is 2.49. The van der Waals surface area contributed by atoms with Crippen LogP contribution in [0.5, 0.6) is 0 Å². The van der Waals surface area contributed by atoms with Crippen LogP contribution in [0.4, 0.5) is 4.39 Å². The summed E-state index contributed by atoms with van der Waals surface area (Å²) >= 11 is 0. The van der Waals surface area contributed by atoms with E-state index in [4.69, 9.17) is 5.11 Å². The van der Waals surface area contributed by atoms with Gasteiger partial charge in [-0.3, -0.25) is 0 Å². The van der Waals surface area contributed by atoms with Gasteiger partial charge in [0, 0.05) is 5.56 Å². The first-order valence-corrected chi connectivity index (χ1v) is 3.69. The molecule has 0 spiro atoms. The van der Waals surface area contributed by atoms with Gasteiger partial charge < -0.3 is 5.11 Å². The average Bonchev–Trinajstić information content (AvgIpc) is 2.17. The highest BCUT2D eigenvalue weighted by Gasteiger charge is 2.01. The second-order valence-corrected chi connectivity index (χ2v) is 2.49. The quantitative estimate of drug-likeness (QED) is 0.561. The van der Waals surface area contributed by atoms with Crippen LogP contribution in [0.25, 0.3) is 0 Å². The van der Waals surface area contributed by atoms with Crippen LogP contribution in [0.2, 0.25) is 0 Å². The minimum atomic E-state index is -0.434. The Morgan fingerprint density at radius 2 is 2.31 bits per heavy atom. The zero-order valence-corrected chi connectivity index (χ0v) is 6.83. The van der Waals surface area contributed by atoms with Crippen molar-refractivity contribution >= 4 is 6.08 Å². The molecule has 0 fully saturated rings. The predicted molar refractivity (Wildman–Crippen MR) is 44.1 cm³/mol. The number of rotatable bonds is 3. The Balaban J connectivity index is 2.96. The Bertz CT molecular complexity index is 345. The predicted octanol–water partition coefficient (Wildman–Crippen LogP) is 1.15. The largest absolute Gasteiger partial charge is 0.392 e. The number of aliphatic hydroxyl groups is 1. The number of isocyanates is 1. The van der Waals surface area contributed by atoms with Gasteiger partial charge in [0.2, 0.25) is 6.08 Å². The second kappa shape index (κ2) is 4.50. The lowest BCUT2D eigenvalue weighted by atomic mass is 10.1. The van der Waals surface area contributed by atoms with Crippen LogP contribution in [0.1, 0.15) is 11.1 Å². The molecular formula is C9H8FNO2. The third-order valence-corrected chi connectivity index (χ3v) is 1.61. The van der Waals surface area contributed by atoms with E-state index in [0.717, 1.165) is 0 Å². The maximum absolute atomic E-state index is 13.0. The van der Waals surface area contributed by atoms with Crippen LogP contribution in [0.15, 0.2) is 23.2 Å². The summed E-state index contributed by atoms with van der Waals surface area (Å²) in [6.45, 7) is -0.193. The number of hydrogen-bond donors (Lipinski definition) is 1. The first-order valence-electron chi connectivity index (χ1n) is 3.69. The van der Waals surface area contributed by atoms with Crippen LogP contribution in [-0.4, -0.2) is 11.2 Å². The summed E-state index contributed by atoms with van der Waals surface area (Å²) in [5.74, 6) is -0.434. The van der Waals surface area contributed by atoms with E-state index in [9.17, 15) is 9.18 Å². The minimum Gasteiger partial charge on any atom is -0.392 e. The fraction of sp³-hybridized carbons (Fsp3) is 0.222. The Morgan fingerprint density at radius 1 is 1.54 bits per heavy atom. The molecule has 0 aliphatic rings. The number of carbonyl (C=O) groups excluding carboxylic acids is 1. The van der Waals surface area contributed by atoms with Crippen molar-refractivity contribution in [1.82, 2.24) is 0 Å². The summed E-state index contributed by atoms with van der Waals surface area (Å²) in [6.07, 6.45) is 1.33. The Morgan fingerprint density at radius 3 is 2.92 bits per heavy atom. The molecule has 68 valence electrons. The van der Waals surface area contributed by atoms with Gasteiger partial charge in [0.05, 0.1) is 13.2 Å². The number of hydrogen-bond acceptors (Lipinski definition) is 3. The van der Waals surface area contributed by atoms with Crippen molar-refractivity contribution < 1.29 is 14.3 Å². The maximum Gasteiger partial charge on any atom is 0.235 e. The summed E-state index contributed by atoms with van der Waals surface area (Å²) in [5, 5.41) is 8.75. The van der Waals surface area contributed by atoms with Crippen molar-refractivity contribution in [3.8, 4) is 0 Å². The number of halogens is 1. The van der Waals surface area contributed by atoms with E-state index >= 15 is 0 Å². The van der Waals surface area contributed by atoms with Crippen molar-refractivity contribution in [2.45, 2.75) is 13.2 Å². The molecule has 4 heteroatoms. The van der Waals surface area contributed by atoms with E-state index in [2.05, 4.69) is 4.99 Å². The van der Waals surface area contributed by atoms with E-state index < -0.39 is 5.82 Å². The van der Waals surface area contributed by atoms with Crippen LogP contribution in [0, 0.1) is 5.82 Å². The summed E-state index contributed by atoms with van der Waals surface area (Å²) in [7, 11) is 0. The van der Waals surface area contributed by atoms with E-state index in [-0.39, 0.29) is 18.7 Å². The molecule has 0 saturated carbocycles. The molecule has 0 aliphatic heterocycles. The summed E-state index contributed by atoms with van der Waals surface area (Å²) in [5.41, 5.74) is 0.882. The molecule has 0 radical (unpaired) electrons. The van der Waals surface area contributed by atoms with E-state index in [1.54, 1.807) is 0 Å². The van der Waals surface area contributed by atoms with Crippen molar-refractivity contribution in [3.63, 3.8) is 0 Å². The zero-order valence-electron chi connectivity index (χ0n) is 6.83. The van der Waals surface area contributed by atoms with E-state index in [0.29, 0.717) is 5.56 Å². The van der Waals surface area contributed by atoms with Gasteiger partial charge in [-0.25, -0.2) is 14.2 Å². The molecule has 3 nitrogen and oxygen atoms in total. The molecule has 0 bridgehead atoms. The van der Waals surface area contributed by atoms with Crippen molar-refractivity contribution in [1.29, 1.82) is 0 Å². The number of aliphatic hydroxyl groups excluding tert-OH is 1. The van der Waals surface area contributed by atoms with Gasteiger partial charge in [-0.05, 0) is 17.7 Å². The Kier molecular flexibility index (Phi) is 3.31. The molecule has 0 aromatic heterocycles. The lowest BCUT2D eigenvalue weighted by Gasteiger charge is -2.00. The van der Waals surface area contributed by atoms with Gasteiger partial charge in [-0.15, -0.1) is 0 Å². The SMILES string of the molecule is O=C=NCc1cc(CO)ccc1F. The lowest BCUT2D eigenvalue weighted by molar-refractivity contribution is 0.281. The molecule has 0 aliphatic carbocycles. The van der Waals surface area contributed by atoms with E-state index in [1.807, 2.05) is 0 Å². The van der Waals surface area contributed by atoms with Gasteiger partial charge in [0.1, 0.15) is 5.82 Å². The third-order valence-electron chi connectivity index (χ3n) is 1.61. The van der Waals surface area contributed by atoms with E-state index in [1.165, 1.54) is 24.3 Å². The van der Waals surface area contributed by atoms with Gasteiger partial charge in [0.25, 0.3) is 0 Å². The van der Waals surface area contributed by atoms with Gasteiger partial charge >= 0.3 is 0 Å². The standard InChI is InChI=1S/C9H8FNO2/c10-9-2-1-7(5-12)3-8(9)4-11-6-13/h1-3,12H,4-5H2. The normalized spacial score (nSPS) is 9.38. The van der Waals surface area contributed by atoms with Gasteiger partial charge in [-0.1, -0.05) is 6.07 Å². The smallest absolute Gasteiger partial charge is 0.235 e. The first kappa shape index (κ1) is 9.58. The topological polar surface area (TPSA) is 49.7 Å². The van der Waals surface area contributed by atoms with Crippen LogP contribution >= 0.6 is 0 Å². The molecule has 0 atom stereocenters. The highest BCUT2D eigenvalue weighted by Crippen LogP contribution is 2.11. The van der Waals surface area contributed by atoms with Crippen LogP contribution in [0.3, 0.4) is 0 Å². The molecular weight excluding hydrogens is 173 g/mol. The van der Waals surface area contributed by atoms with Crippen LogP contribution < -0.4 is 0 Å². The molecule has 1 rings (SSSR count). The molecule has 13 heavy (non-hydrogen) atoms.